The topological polar surface area (TPSA) is 88.9 Å². The summed E-state index contributed by atoms with van der Waals surface area (Å²) >= 11 is 0. The third kappa shape index (κ3) is 1.90. The van der Waals surface area contributed by atoms with Crippen LogP contribution in [0.4, 0.5) is 5.69 Å². The van der Waals surface area contributed by atoms with Crippen LogP contribution in [0.15, 0.2) is 23.1 Å². The van der Waals surface area contributed by atoms with Gasteiger partial charge in [-0.25, -0.2) is 0 Å². The molecule has 6 heteroatoms. The van der Waals surface area contributed by atoms with Crippen LogP contribution in [0.5, 0.6) is 0 Å². The molecule has 0 spiro atoms. The second-order valence-corrected chi connectivity index (χ2v) is 2.27. The lowest BCUT2D eigenvalue weighted by Crippen LogP contribution is -2.17. The van der Waals surface area contributed by atoms with Gasteiger partial charge in [0.15, 0.2) is 0 Å². The Hall–Kier alpha value is -2.16. The monoisotopic (exact) mass is 179 g/mol. The smallest absolute Gasteiger partial charge is 0.285 e. The Morgan fingerprint density at radius 3 is 2.85 bits per heavy atom. The SMILES string of the molecule is N#CCn1cc([N+](=O)[O-])ccc1=O. The summed E-state index contributed by atoms with van der Waals surface area (Å²) in [6, 6.07) is 3.90. The van der Waals surface area contributed by atoms with Gasteiger partial charge in [-0.15, -0.1) is 0 Å². The summed E-state index contributed by atoms with van der Waals surface area (Å²) < 4.78 is 0.984. The maximum atomic E-state index is 11.0. The third-order valence-corrected chi connectivity index (χ3v) is 1.42. The quantitative estimate of drug-likeness (QED) is 0.481. The van der Waals surface area contributed by atoms with Crippen LogP contribution in [0.1, 0.15) is 0 Å². The maximum absolute atomic E-state index is 11.0. The minimum Gasteiger partial charge on any atom is -0.295 e. The summed E-state index contributed by atoms with van der Waals surface area (Å²) in [5, 5.41) is 18.6. The van der Waals surface area contributed by atoms with Crippen LogP contribution >= 0.6 is 0 Å². The molecule has 0 saturated heterocycles. The molecule has 66 valence electrons. The number of nitriles is 1. The van der Waals surface area contributed by atoms with E-state index in [1.165, 1.54) is 0 Å². The van der Waals surface area contributed by atoms with Gasteiger partial charge in [0.1, 0.15) is 6.54 Å². The highest BCUT2D eigenvalue weighted by molar-refractivity contribution is 5.24. The van der Waals surface area contributed by atoms with Crippen LogP contribution < -0.4 is 5.56 Å². The molecule has 0 saturated carbocycles. The molecule has 0 amide bonds. The Labute approximate surface area is 72.8 Å². The first kappa shape index (κ1) is 8.93. The molecule has 1 aromatic rings. The average molecular weight is 179 g/mol. The van der Waals surface area contributed by atoms with Gasteiger partial charge in [0.25, 0.3) is 11.2 Å². The van der Waals surface area contributed by atoms with Crippen LogP contribution in [0.25, 0.3) is 0 Å². The first-order valence-electron chi connectivity index (χ1n) is 3.37. The number of hydrogen-bond acceptors (Lipinski definition) is 4. The normalized spacial score (nSPS) is 9.15. The molecule has 0 atom stereocenters. The van der Waals surface area contributed by atoms with E-state index in [1.54, 1.807) is 6.07 Å². The predicted octanol–water partition coefficient (Wildman–Crippen LogP) is 0.280. The van der Waals surface area contributed by atoms with Gasteiger partial charge in [-0.1, -0.05) is 0 Å². The van der Waals surface area contributed by atoms with Gasteiger partial charge in [-0.2, -0.15) is 5.26 Å². The van der Waals surface area contributed by atoms with E-state index in [2.05, 4.69) is 0 Å². The van der Waals surface area contributed by atoms with E-state index in [0.717, 1.165) is 22.9 Å². The maximum Gasteiger partial charge on any atom is 0.285 e. The number of nitrogens with zero attached hydrogens (tertiary/aromatic N) is 3. The molecule has 0 unspecified atom stereocenters. The molecule has 0 bridgehead atoms. The molecule has 1 rings (SSSR count). The highest BCUT2D eigenvalue weighted by atomic mass is 16.6. The molecule has 0 aliphatic rings. The zero-order valence-corrected chi connectivity index (χ0v) is 6.51. The highest BCUT2D eigenvalue weighted by Crippen LogP contribution is 2.05. The van der Waals surface area contributed by atoms with Crippen molar-refractivity contribution in [3.05, 3.63) is 38.8 Å². The van der Waals surface area contributed by atoms with Crippen molar-refractivity contribution < 1.29 is 4.92 Å². The standard InChI is InChI=1S/C7H5N3O3/c8-3-4-9-5-6(10(12)13)1-2-7(9)11/h1-2,5H,4H2. The number of rotatable bonds is 2. The van der Waals surface area contributed by atoms with Gasteiger partial charge in [0.05, 0.1) is 17.2 Å². The van der Waals surface area contributed by atoms with E-state index in [9.17, 15) is 14.9 Å². The van der Waals surface area contributed by atoms with Crippen LogP contribution in [0, 0.1) is 21.4 Å². The lowest BCUT2D eigenvalue weighted by atomic mass is 10.4. The molecule has 0 N–H and O–H groups in total. The van der Waals surface area contributed by atoms with Crippen LogP contribution in [-0.4, -0.2) is 9.49 Å². The number of aromatic nitrogens is 1. The van der Waals surface area contributed by atoms with E-state index in [1.807, 2.05) is 0 Å². The summed E-state index contributed by atoms with van der Waals surface area (Å²) in [6.45, 7) is -0.180. The highest BCUT2D eigenvalue weighted by Gasteiger charge is 2.06. The minimum absolute atomic E-state index is 0.180. The molecule has 1 heterocycles. The molecule has 0 aliphatic heterocycles. The third-order valence-electron chi connectivity index (χ3n) is 1.42. The Bertz CT molecular complexity index is 429. The molecule has 13 heavy (non-hydrogen) atoms. The molecule has 0 fully saturated rings. The fourth-order valence-corrected chi connectivity index (χ4v) is 0.826. The van der Waals surface area contributed by atoms with Gasteiger partial charge in [-0.3, -0.25) is 19.5 Å². The first-order valence-corrected chi connectivity index (χ1v) is 3.37. The van der Waals surface area contributed by atoms with Crippen molar-refractivity contribution in [2.75, 3.05) is 0 Å². The first-order chi connectivity index (χ1) is 6.15. The molecular weight excluding hydrogens is 174 g/mol. The van der Waals surface area contributed by atoms with Crippen molar-refractivity contribution in [1.82, 2.24) is 4.57 Å². The van der Waals surface area contributed by atoms with E-state index in [-0.39, 0.29) is 12.2 Å². The van der Waals surface area contributed by atoms with Crippen molar-refractivity contribution in [2.45, 2.75) is 6.54 Å². The number of pyridine rings is 1. The van der Waals surface area contributed by atoms with Crippen molar-refractivity contribution >= 4 is 5.69 Å². The zero-order valence-electron chi connectivity index (χ0n) is 6.51. The van der Waals surface area contributed by atoms with E-state index < -0.39 is 10.5 Å². The van der Waals surface area contributed by atoms with Crippen molar-refractivity contribution in [3.63, 3.8) is 0 Å². The van der Waals surface area contributed by atoms with E-state index in [0.29, 0.717) is 0 Å². The molecule has 1 aromatic heterocycles. The second-order valence-electron chi connectivity index (χ2n) is 2.27. The molecule has 0 aliphatic carbocycles. The Morgan fingerprint density at radius 1 is 1.62 bits per heavy atom. The lowest BCUT2D eigenvalue weighted by Gasteiger charge is -1.97. The Morgan fingerprint density at radius 2 is 2.31 bits per heavy atom. The molecular formula is C7H5N3O3. The predicted molar refractivity (Wildman–Crippen MR) is 43.0 cm³/mol. The van der Waals surface area contributed by atoms with Crippen molar-refractivity contribution in [3.8, 4) is 6.07 Å². The van der Waals surface area contributed by atoms with Crippen molar-refractivity contribution in [2.24, 2.45) is 0 Å². The lowest BCUT2D eigenvalue weighted by molar-refractivity contribution is -0.385. The van der Waals surface area contributed by atoms with Gasteiger partial charge in [-0.05, 0) is 0 Å². The largest absolute Gasteiger partial charge is 0.295 e. The summed E-state index contributed by atoms with van der Waals surface area (Å²) in [7, 11) is 0. The summed E-state index contributed by atoms with van der Waals surface area (Å²) in [6.07, 6.45) is 1.05. The second kappa shape index (κ2) is 3.49. The molecule has 0 aromatic carbocycles. The van der Waals surface area contributed by atoms with Crippen LogP contribution in [0.2, 0.25) is 0 Å². The van der Waals surface area contributed by atoms with Gasteiger partial charge >= 0.3 is 0 Å². The van der Waals surface area contributed by atoms with Crippen LogP contribution in [0.3, 0.4) is 0 Å². The molecule has 0 radical (unpaired) electrons. The minimum atomic E-state index is -0.618. The summed E-state index contributed by atoms with van der Waals surface area (Å²) in [4.78, 5) is 20.6. The Kier molecular flexibility index (Phi) is 2.40. The zero-order chi connectivity index (χ0) is 9.84. The molecule has 6 nitrogen and oxygen atoms in total. The van der Waals surface area contributed by atoms with Gasteiger partial charge in [0.2, 0.25) is 0 Å². The van der Waals surface area contributed by atoms with E-state index >= 15 is 0 Å². The summed E-state index contributed by atoms with van der Waals surface area (Å²) in [5.41, 5.74) is -0.623. The van der Waals surface area contributed by atoms with Crippen LogP contribution in [-0.2, 0) is 6.54 Å². The van der Waals surface area contributed by atoms with Gasteiger partial charge in [0, 0.05) is 12.1 Å². The van der Waals surface area contributed by atoms with Crippen molar-refractivity contribution in [1.29, 1.82) is 5.26 Å². The number of hydrogen-bond donors (Lipinski definition) is 0. The Balaban J connectivity index is 3.20. The average Bonchev–Trinajstić information content (AvgIpc) is 2.08. The number of nitro groups is 1. The fraction of sp³-hybridized carbons (Fsp3) is 0.143. The van der Waals surface area contributed by atoms with E-state index in [4.69, 9.17) is 5.26 Å². The summed E-state index contributed by atoms with van der Waals surface area (Å²) in [5.74, 6) is 0. The van der Waals surface area contributed by atoms with Gasteiger partial charge < -0.3 is 0 Å². The fourth-order valence-electron chi connectivity index (χ4n) is 0.826.